The lowest BCUT2D eigenvalue weighted by Gasteiger charge is -2.28. The third kappa shape index (κ3) is 3.90. The molecule has 1 saturated heterocycles. The summed E-state index contributed by atoms with van der Waals surface area (Å²) in [6.07, 6.45) is 1.36. The summed E-state index contributed by atoms with van der Waals surface area (Å²) in [6.45, 7) is 0. The highest BCUT2D eigenvalue weighted by Gasteiger charge is 2.34. The highest BCUT2D eigenvalue weighted by atomic mass is 79.9. The van der Waals surface area contributed by atoms with Crippen LogP contribution in [0.3, 0.4) is 0 Å². The molecule has 1 aromatic heterocycles. The fourth-order valence-electron chi connectivity index (χ4n) is 2.82. The van der Waals surface area contributed by atoms with Gasteiger partial charge in [0.15, 0.2) is 5.11 Å². The molecule has 0 unspecified atom stereocenters. The van der Waals surface area contributed by atoms with E-state index in [1.54, 1.807) is 48.5 Å². The first-order valence-corrected chi connectivity index (χ1v) is 9.65. The molecule has 8 heteroatoms. The predicted octanol–water partition coefficient (Wildman–Crippen LogP) is 4.68. The van der Waals surface area contributed by atoms with E-state index < -0.39 is 11.8 Å². The summed E-state index contributed by atoms with van der Waals surface area (Å²) < 4.78 is 19.6. The molecule has 1 N–H and O–H groups in total. The molecule has 0 atom stereocenters. The van der Waals surface area contributed by atoms with Crippen LogP contribution in [-0.2, 0) is 9.59 Å². The van der Waals surface area contributed by atoms with Crippen molar-refractivity contribution in [1.82, 2.24) is 5.32 Å². The Morgan fingerprint density at radius 2 is 1.69 bits per heavy atom. The molecule has 2 amide bonds. The Balaban J connectivity index is 1.66. The van der Waals surface area contributed by atoms with E-state index in [1.165, 1.54) is 23.1 Å². The molecule has 0 bridgehead atoms. The number of thiocarbonyl (C=S) groups is 1. The smallest absolute Gasteiger partial charge is 0.270 e. The topological polar surface area (TPSA) is 62.6 Å². The average Bonchev–Trinajstić information content (AvgIpc) is 3.16. The molecule has 144 valence electrons. The van der Waals surface area contributed by atoms with Crippen molar-refractivity contribution < 1.29 is 18.4 Å². The van der Waals surface area contributed by atoms with E-state index in [0.29, 0.717) is 22.8 Å². The Labute approximate surface area is 178 Å². The van der Waals surface area contributed by atoms with Gasteiger partial charge in [0, 0.05) is 10.0 Å². The summed E-state index contributed by atoms with van der Waals surface area (Å²) in [5, 5.41) is 2.53. The lowest BCUT2D eigenvalue weighted by Crippen LogP contribution is -2.54. The maximum atomic E-state index is 13.1. The molecule has 0 spiro atoms. The molecule has 5 nitrogen and oxygen atoms in total. The van der Waals surface area contributed by atoms with Gasteiger partial charge in [0.1, 0.15) is 22.9 Å². The predicted molar refractivity (Wildman–Crippen MR) is 114 cm³/mol. The van der Waals surface area contributed by atoms with E-state index in [4.69, 9.17) is 16.6 Å². The SMILES string of the molecule is O=C1NC(=S)N(c2ccc(Br)cc2)C(=O)/C1=C\c1ccc(-c2ccc(F)cc2)o1. The largest absolute Gasteiger partial charge is 0.457 e. The van der Waals surface area contributed by atoms with Crippen molar-refractivity contribution in [2.75, 3.05) is 4.90 Å². The van der Waals surface area contributed by atoms with Gasteiger partial charge in [-0.1, -0.05) is 15.9 Å². The van der Waals surface area contributed by atoms with E-state index in [-0.39, 0.29) is 16.5 Å². The van der Waals surface area contributed by atoms with Gasteiger partial charge in [0.25, 0.3) is 11.8 Å². The van der Waals surface area contributed by atoms with E-state index in [9.17, 15) is 14.0 Å². The Hall–Kier alpha value is -3.10. The van der Waals surface area contributed by atoms with Gasteiger partial charge in [0.2, 0.25) is 0 Å². The van der Waals surface area contributed by atoms with E-state index in [2.05, 4.69) is 21.2 Å². The number of hydrogen-bond acceptors (Lipinski definition) is 4. The Bertz CT molecular complexity index is 1150. The highest BCUT2D eigenvalue weighted by molar-refractivity contribution is 9.10. The number of rotatable bonds is 3. The second-order valence-corrected chi connectivity index (χ2v) is 7.45. The second kappa shape index (κ2) is 7.73. The minimum absolute atomic E-state index is 0.00548. The molecule has 1 aliphatic rings. The number of nitrogens with one attached hydrogen (secondary N) is 1. The number of halogens is 2. The molecule has 2 aromatic carbocycles. The molecular formula is C21H12BrFN2O3S. The van der Waals surface area contributed by atoms with E-state index in [0.717, 1.165) is 4.47 Å². The summed E-state index contributed by atoms with van der Waals surface area (Å²) in [5.41, 5.74) is 1.09. The lowest BCUT2D eigenvalue weighted by atomic mass is 10.1. The van der Waals surface area contributed by atoms with Crippen molar-refractivity contribution in [3.05, 3.63) is 82.3 Å². The van der Waals surface area contributed by atoms with Gasteiger partial charge in [-0.3, -0.25) is 19.8 Å². The average molecular weight is 471 g/mol. The van der Waals surface area contributed by atoms with Crippen molar-refractivity contribution >= 4 is 56.8 Å². The maximum Gasteiger partial charge on any atom is 0.270 e. The van der Waals surface area contributed by atoms with Crippen LogP contribution in [0.15, 0.2) is 75.1 Å². The molecule has 1 fully saturated rings. The standard InChI is InChI=1S/C21H12BrFN2O3S/c22-13-3-7-15(8-4-13)25-20(27)17(19(26)24-21(25)29)11-16-9-10-18(28-16)12-1-5-14(23)6-2-12/h1-11H,(H,24,26,29)/b17-11-. The number of furan rings is 1. The lowest BCUT2D eigenvalue weighted by molar-refractivity contribution is -0.122. The maximum absolute atomic E-state index is 13.1. The molecule has 3 aromatic rings. The van der Waals surface area contributed by atoms with Crippen LogP contribution in [0, 0.1) is 5.82 Å². The number of carbonyl (C=O) groups is 2. The van der Waals surface area contributed by atoms with Crippen molar-refractivity contribution in [3.63, 3.8) is 0 Å². The Kier molecular flexibility index (Phi) is 5.12. The summed E-state index contributed by atoms with van der Waals surface area (Å²) in [6, 6.07) is 16.1. The molecule has 1 aliphatic heterocycles. The van der Waals surface area contributed by atoms with Crippen LogP contribution in [-0.4, -0.2) is 16.9 Å². The number of benzene rings is 2. The molecule has 4 rings (SSSR count). The molecule has 0 aliphatic carbocycles. The molecule has 2 heterocycles. The zero-order valence-electron chi connectivity index (χ0n) is 14.7. The third-order valence-corrected chi connectivity index (χ3v) is 5.04. The number of carbonyl (C=O) groups excluding carboxylic acids is 2. The van der Waals surface area contributed by atoms with Gasteiger partial charge >= 0.3 is 0 Å². The van der Waals surface area contributed by atoms with Crippen LogP contribution in [0.5, 0.6) is 0 Å². The Morgan fingerprint density at radius 3 is 2.38 bits per heavy atom. The number of anilines is 1. The summed E-state index contributed by atoms with van der Waals surface area (Å²) in [5.74, 6) is -0.711. The number of hydrogen-bond donors (Lipinski definition) is 1. The van der Waals surface area contributed by atoms with Crippen LogP contribution in [0.2, 0.25) is 0 Å². The summed E-state index contributed by atoms with van der Waals surface area (Å²) in [4.78, 5) is 26.6. The fourth-order valence-corrected chi connectivity index (χ4v) is 3.37. The van der Waals surface area contributed by atoms with Gasteiger partial charge in [0.05, 0.1) is 5.69 Å². The number of amides is 2. The van der Waals surface area contributed by atoms with E-state index in [1.807, 2.05) is 0 Å². The van der Waals surface area contributed by atoms with Crippen LogP contribution < -0.4 is 10.2 Å². The van der Waals surface area contributed by atoms with Crippen molar-refractivity contribution in [2.45, 2.75) is 0 Å². The zero-order chi connectivity index (χ0) is 20.5. The fraction of sp³-hybridized carbons (Fsp3) is 0. The van der Waals surface area contributed by atoms with Gasteiger partial charge in [-0.2, -0.15) is 0 Å². The van der Waals surface area contributed by atoms with Gasteiger partial charge in [-0.25, -0.2) is 4.39 Å². The minimum atomic E-state index is -0.604. The van der Waals surface area contributed by atoms with Gasteiger partial charge in [-0.15, -0.1) is 0 Å². The van der Waals surface area contributed by atoms with Crippen LogP contribution in [0.4, 0.5) is 10.1 Å². The summed E-state index contributed by atoms with van der Waals surface area (Å²) >= 11 is 8.51. The first-order chi connectivity index (χ1) is 13.9. The van der Waals surface area contributed by atoms with E-state index >= 15 is 0 Å². The molecular weight excluding hydrogens is 459 g/mol. The Morgan fingerprint density at radius 1 is 1.00 bits per heavy atom. The van der Waals surface area contributed by atoms with Crippen LogP contribution >= 0.6 is 28.1 Å². The zero-order valence-corrected chi connectivity index (χ0v) is 17.1. The normalized spacial score (nSPS) is 15.7. The summed E-state index contributed by atoms with van der Waals surface area (Å²) in [7, 11) is 0. The minimum Gasteiger partial charge on any atom is -0.457 e. The molecule has 29 heavy (non-hydrogen) atoms. The quantitative estimate of drug-likeness (QED) is 0.343. The van der Waals surface area contributed by atoms with Crippen LogP contribution in [0.1, 0.15) is 5.76 Å². The molecule has 0 radical (unpaired) electrons. The first-order valence-electron chi connectivity index (χ1n) is 8.45. The van der Waals surface area contributed by atoms with Gasteiger partial charge in [-0.05, 0) is 79.0 Å². The van der Waals surface area contributed by atoms with Crippen molar-refractivity contribution in [1.29, 1.82) is 0 Å². The van der Waals surface area contributed by atoms with Crippen molar-refractivity contribution in [3.8, 4) is 11.3 Å². The second-order valence-electron chi connectivity index (χ2n) is 6.14. The third-order valence-electron chi connectivity index (χ3n) is 4.23. The monoisotopic (exact) mass is 470 g/mol. The molecule has 0 saturated carbocycles. The van der Waals surface area contributed by atoms with Crippen molar-refractivity contribution in [2.24, 2.45) is 0 Å². The van der Waals surface area contributed by atoms with Gasteiger partial charge < -0.3 is 4.42 Å². The van der Waals surface area contributed by atoms with Crippen LogP contribution in [0.25, 0.3) is 17.4 Å². The first kappa shape index (κ1) is 19.2. The number of nitrogens with zero attached hydrogens (tertiary/aromatic N) is 1. The highest BCUT2D eigenvalue weighted by Crippen LogP contribution is 2.26.